The highest BCUT2D eigenvalue weighted by Gasteiger charge is 2.29. The van der Waals surface area contributed by atoms with Gasteiger partial charge in [0.1, 0.15) is 0 Å². The average molecular weight is 234 g/mol. The molecule has 1 amide bonds. The molecule has 0 aromatic carbocycles. The third kappa shape index (κ3) is 4.17. The monoisotopic (exact) mass is 234 g/mol. The molecule has 0 atom stereocenters. The van der Waals surface area contributed by atoms with E-state index in [9.17, 15) is 13.2 Å². The second kappa shape index (κ2) is 4.94. The lowest BCUT2D eigenvalue weighted by Gasteiger charge is -2.09. The molecule has 88 valence electrons. The quantitative estimate of drug-likeness (QED) is 0.627. The van der Waals surface area contributed by atoms with E-state index in [-0.39, 0.29) is 18.4 Å². The van der Waals surface area contributed by atoms with Crippen molar-refractivity contribution in [3.05, 3.63) is 0 Å². The van der Waals surface area contributed by atoms with Crippen molar-refractivity contribution in [2.45, 2.75) is 31.9 Å². The minimum atomic E-state index is -3.20. The zero-order valence-electron chi connectivity index (χ0n) is 9.12. The van der Waals surface area contributed by atoms with Gasteiger partial charge in [0.15, 0.2) is 0 Å². The molecule has 5 nitrogen and oxygen atoms in total. The summed E-state index contributed by atoms with van der Waals surface area (Å²) in [7, 11) is -3.20. The zero-order valence-corrected chi connectivity index (χ0v) is 9.93. The Kier molecular flexibility index (Phi) is 4.10. The zero-order chi connectivity index (χ0) is 11.5. The van der Waals surface area contributed by atoms with Crippen molar-refractivity contribution >= 4 is 15.9 Å². The minimum absolute atomic E-state index is 0.0405. The lowest BCUT2D eigenvalue weighted by Crippen LogP contribution is -2.38. The van der Waals surface area contributed by atoms with E-state index in [0.29, 0.717) is 6.54 Å². The fourth-order valence-electron chi connectivity index (χ4n) is 1.04. The summed E-state index contributed by atoms with van der Waals surface area (Å²) in [4.78, 5) is 11.2. The van der Waals surface area contributed by atoms with Gasteiger partial charge in [-0.3, -0.25) is 4.79 Å². The van der Waals surface area contributed by atoms with Gasteiger partial charge in [0.05, 0.1) is 5.25 Å². The van der Waals surface area contributed by atoms with Crippen LogP contribution in [0.15, 0.2) is 0 Å². The Bertz CT molecular complexity index is 320. The van der Waals surface area contributed by atoms with E-state index in [2.05, 4.69) is 10.0 Å². The Morgan fingerprint density at radius 3 is 2.40 bits per heavy atom. The molecule has 1 saturated carbocycles. The van der Waals surface area contributed by atoms with Crippen molar-refractivity contribution in [2.75, 3.05) is 13.1 Å². The number of carbonyl (C=O) groups excluding carboxylic acids is 1. The van der Waals surface area contributed by atoms with Crippen LogP contribution in [0.3, 0.4) is 0 Å². The molecule has 1 aliphatic carbocycles. The molecule has 0 aromatic heterocycles. The molecule has 0 aromatic rings. The van der Waals surface area contributed by atoms with E-state index >= 15 is 0 Å². The van der Waals surface area contributed by atoms with Crippen LogP contribution in [-0.2, 0) is 14.8 Å². The second-order valence-electron chi connectivity index (χ2n) is 4.05. The topological polar surface area (TPSA) is 75.3 Å². The summed E-state index contributed by atoms with van der Waals surface area (Å²) in [5, 5.41) is 2.26. The maximum absolute atomic E-state index is 11.3. The minimum Gasteiger partial charge on any atom is -0.355 e. The van der Waals surface area contributed by atoms with Crippen molar-refractivity contribution in [3.63, 3.8) is 0 Å². The highest BCUT2D eigenvalue weighted by Crippen LogP contribution is 2.28. The molecule has 0 unspecified atom stereocenters. The van der Waals surface area contributed by atoms with Gasteiger partial charge in [-0.05, 0) is 26.7 Å². The Morgan fingerprint density at radius 2 is 1.93 bits per heavy atom. The SMILES string of the molecule is CC(C)S(=O)(=O)NCCNC(=O)C1CC1. The van der Waals surface area contributed by atoms with Crippen LogP contribution in [0.25, 0.3) is 0 Å². The summed E-state index contributed by atoms with van der Waals surface area (Å²) in [6, 6.07) is 0. The van der Waals surface area contributed by atoms with Gasteiger partial charge in [-0.25, -0.2) is 13.1 Å². The highest BCUT2D eigenvalue weighted by atomic mass is 32.2. The summed E-state index contributed by atoms with van der Waals surface area (Å²) < 4.78 is 25.0. The lowest BCUT2D eigenvalue weighted by molar-refractivity contribution is -0.122. The fourth-order valence-corrected chi connectivity index (χ4v) is 1.76. The van der Waals surface area contributed by atoms with Crippen LogP contribution in [0, 0.1) is 5.92 Å². The summed E-state index contributed by atoms with van der Waals surface area (Å²) in [6.07, 6.45) is 1.92. The van der Waals surface area contributed by atoms with Gasteiger partial charge in [0.25, 0.3) is 0 Å². The molecule has 0 heterocycles. The Labute approximate surface area is 90.7 Å². The molecule has 0 radical (unpaired) electrons. The van der Waals surface area contributed by atoms with Crippen molar-refractivity contribution in [2.24, 2.45) is 5.92 Å². The molecule has 0 saturated heterocycles. The largest absolute Gasteiger partial charge is 0.355 e. The van der Waals surface area contributed by atoms with Crippen LogP contribution in [0.4, 0.5) is 0 Å². The molecule has 1 rings (SSSR count). The molecule has 0 bridgehead atoms. The van der Waals surface area contributed by atoms with E-state index < -0.39 is 15.3 Å². The van der Waals surface area contributed by atoms with E-state index in [0.717, 1.165) is 12.8 Å². The van der Waals surface area contributed by atoms with Crippen LogP contribution in [-0.4, -0.2) is 32.7 Å². The van der Waals surface area contributed by atoms with Crippen LogP contribution < -0.4 is 10.0 Å². The third-order valence-corrected chi connectivity index (χ3v) is 4.14. The first-order valence-corrected chi connectivity index (χ1v) is 6.74. The molecule has 0 aliphatic heterocycles. The van der Waals surface area contributed by atoms with Gasteiger partial charge in [-0.1, -0.05) is 0 Å². The van der Waals surface area contributed by atoms with E-state index in [1.165, 1.54) is 0 Å². The van der Waals surface area contributed by atoms with Gasteiger partial charge >= 0.3 is 0 Å². The summed E-state index contributed by atoms with van der Waals surface area (Å²) in [5.74, 6) is 0.213. The summed E-state index contributed by atoms with van der Waals surface area (Å²) >= 11 is 0. The standard InChI is InChI=1S/C9H18N2O3S/c1-7(2)15(13,14)11-6-5-10-9(12)8-3-4-8/h7-8,11H,3-6H2,1-2H3,(H,10,12). The maximum atomic E-state index is 11.3. The van der Waals surface area contributed by atoms with Crippen LogP contribution in [0.1, 0.15) is 26.7 Å². The van der Waals surface area contributed by atoms with Gasteiger partial charge < -0.3 is 5.32 Å². The molecule has 1 fully saturated rings. The maximum Gasteiger partial charge on any atom is 0.223 e. The Balaban J connectivity index is 2.13. The van der Waals surface area contributed by atoms with E-state index in [4.69, 9.17) is 0 Å². The molecule has 6 heteroatoms. The average Bonchev–Trinajstić information content (AvgIpc) is 2.94. The van der Waals surface area contributed by atoms with Gasteiger partial charge in [-0.2, -0.15) is 0 Å². The number of hydrogen-bond acceptors (Lipinski definition) is 3. The molecule has 0 spiro atoms. The molecule has 2 N–H and O–H groups in total. The van der Waals surface area contributed by atoms with Crippen LogP contribution in [0.5, 0.6) is 0 Å². The Hall–Kier alpha value is -0.620. The first-order chi connectivity index (χ1) is 6.93. The third-order valence-electron chi connectivity index (χ3n) is 2.30. The number of sulfonamides is 1. The number of amides is 1. The normalized spacial score (nSPS) is 16.7. The predicted molar refractivity (Wildman–Crippen MR) is 57.8 cm³/mol. The number of nitrogens with one attached hydrogen (secondary N) is 2. The summed E-state index contributed by atoms with van der Waals surface area (Å²) in [6.45, 7) is 3.86. The van der Waals surface area contributed by atoms with E-state index in [1.54, 1.807) is 13.8 Å². The number of rotatable bonds is 6. The van der Waals surface area contributed by atoms with Crippen LogP contribution in [0.2, 0.25) is 0 Å². The van der Waals surface area contributed by atoms with Crippen molar-refractivity contribution in [1.82, 2.24) is 10.0 Å². The Morgan fingerprint density at radius 1 is 1.33 bits per heavy atom. The highest BCUT2D eigenvalue weighted by molar-refractivity contribution is 7.90. The van der Waals surface area contributed by atoms with Crippen molar-refractivity contribution < 1.29 is 13.2 Å². The number of hydrogen-bond donors (Lipinski definition) is 2. The van der Waals surface area contributed by atoms with Crippen molar-refractivity contribution in [3.8, 4) is 0 Å². The molecule has 1 aliphatic rings. The summed E-state index contributed by atoms with van der Waals surface area (Å²) in [5.41, 5.74) is 0. The lowest BCUT2D eigenvalue weighted by atomic mass is 10.4. The van der Waals surface area contributed by atoms with Crippen LogP contribution >= 0.6 is 0 Å². The molecular formula is C9H18N2O3S. The van der Waals surface area contributed by atoms with Gasteiger partial charge in [-0.15, -0.1) is 0 Å². The fraction of sp³-hybridized carbons (Fsp3) is 0.889. The smallest absolute Gasteiger partial charge is 0.223 e. The van der Waals surface area contributed by atoms with Gasteiger partial charge in [0.2, 0.25) is 15.9 Å². The van der Waals surface area contributed by atoms with Gasteiger partial charge in [0, 0.05) is 19.0 Å². The first-order valence-electron chi connectivity index (χ1n) is 5.19. The van der Waals surface area contributed by atoms with Crippen molar-refractivity contribution in [1.29, 1.82) is 0 Å². The predicted octanol–water partition coefficient (Wildman–Crippen LogP) is -0.160. The molecular weight excluding hydrogens is 216 g/mol. The molecule has 15 heavy (non-hydrogen) atoms. The number of carbonyl (C=O) groups is 1. The van der Waals surface area contributed by atoms with E-state index in [1.807, 2.05) is 0 Å². The first kappa shape index (κ1) is 12.4. The second-order valence-corrected chi connectivity index (χ2v) is 6.37.